The highest BCUT2D eigenvalue weighted by Gasteiger charge is 2.04. The molecule has 0 aliphatic carbocycles. The second-order valence-electron chi connectivity index (χ2n) is 3.64. The van der Waals surface area contributed by atoms with E-state index >= 15 is 0 Å². The topological polar surface area (TPSA) is 42.4 Å². The van der Waals surface area contributed by atoms with E-state index in [9.17, 15) is 5.11 Å². The van der Waals surface area contributed by atoms with Crippen LogP contribution in [0, 0.1) is 0 Å². The van der Waals surface area contributed by atoms with Crippen LogP contribution in [-0.4, -0.2) is 10.1 Å². The van der Waals surface area contributed by atoms with Crippen molar-refractivity contribution in [3.8, 4) is 11.6 Å². The minimum atomic E-state index is -0.531. The second-order valence-corrected chi connectivity index (χ2v) is 4.05. The van der Waals surface area contributed by atoms with Crippen molar-refractivity contribution in [1.29, 1.82) is 0 Å². The molecule has 0 fully saturated rings. The van der Waals surface area contributed by atoms with Crippen LogP contribution in [0.1, 0.15) is 18.6 Å². The van der Waals surface area contributed by atoms with Gasteiger partial charge < -0.3 is 9.84 Å². The Hall–Kier alpha value is -1.58. The summed E-state index contributed by atoms with van der Waals surface area (Å²) in [7, 11) is 0. The van der Waals surface area contributed by atoms with Crippen LogP contribution in [0.25, 0.3) is 0 Å². The molecule has 1 aromatic carbocycles. The lowest BCUT2D eigenvalue weighted by Crippen LogP contribution is -1.93. The normalized spacial score (nSPS) is 12.2. The molecule has 0 saturated carbocycles. The molecule has 4 heteroatoms. The summed E-state index contributed by atoms with van der Waals surface area (Å²) in [5, 5.41) is 9.88. The van der Waals surface area contributed by atoms with E-state index in [0.29, 0.717) is 16.7 Å². The lowest BCUT2D eigenvalue weighted by molar-refractivity contribution is 0.198. The molecule has 0 aliphatic rings. The van der Waals surface area contributed by atoms with Crippen LogP contribution < -0.4 is 4.74 Å². The Morgan fingerprint density at radius 2 is 2.00 bits per heavy atom. The van der Waals surface area contributed by atoms with Gasteiger partial charge in [-0.25, -0.2) is 4.98 Å². The molecule has 17 heavy (non-hydrogen) atoms. The van der Waals surface area contributed by atoms with Gasteiger partial charge in [-0.2, -0.15) is 0 Å². The van der Waals surface area contributed by atoms with Gasteiger partial charge in [0, 0.05) is 12.3 Å². The van der Waals surface area contributed by atoms with Crippen LogP contribution in [0.3, 0.4) is 0 Å². The third kappa shape index (κ3) is 2.96. The first-order valence-electron chi connectivity index (χ1n) is 5.23. The van der Waals surface area contributed by atoms with Gasteiger partial charge in [-0.1, -0.05) is 23.7 Å². The first kappa shape index (κ1) is 11.9. The maximum atomic E-state index is 9.35. The minimum absolute atomic E-state index is 0.447. The number of hydrogen-bond donors (Lipinski definition) is 1. The van der Waals surface area contributed by atoms with Crippen molar-refractivity contribution in [1.82, 2.24) is 4.98 Å². The Labute approximate surface area is 105 Å². The average molecular weight is 250 g/mol. The van der Waals surface area contributed by atoms with E-state index in [0.717, 1.165) is 5.56 Å². The summed E-state index contributed by atoms with van der Waals surface area (Å²) in [6.45, 7) is 1.69. The van der Waals surface area contributed by atoms with Crippen LogP contribution in [-0.2, 0) is 0 Å². The van der Waals surface area contributed by atoms with Crippen molar-refractivity contribution in [3.63, 3.8) is 0 Å². The van der Waals surface area contributed by atoms with E-state index in [-0.39, 0.29) is 0 Å². The molecule has 2 rings (SSSR count). The molecule has 0 radical (unpaired) electrons. The number of para-hydroxylation sites is 1. The number of halogens is 1. The van der Waals surface area contributed by atoms with Crippen LogP contribution in [0.2, 0.25) is 5.02 Å². The molecule has 0 bridgehead atoms. The number of aliphatic hydroxyl groups excluding tert-OH is 1. The van der Waals surface area contributed by atoms with E-state index in [1.807, 2.05) is 12.1 Å². The molecule has 1 N–H and O–H groups in total. The zero-order chi connectivity index (χ0) is 12.3. The molecule has 1 atom stereocenters. The summed E-state index contributed by atoms with van der Waals surface area (Å²) in [6, 6.07) is 10.7. The lowest BCUT2D eigenvalue weighted by Gasteiger charge is -2.08. The number of ether oxygens (including phenoxy) is 1. The molecule has 0 unspecified atom stereocenters. The largest absolute Gasteiger partial charge is 0.437 e. The Kier molecular flexibility index (Phi) is 3.61. The third-order valence-corrected chi connectivity index (χ3v) is 2.61. The van der Waals surface area contributed by atoms with Gasteiger partial charge >= 0.3 is 0 Å². The molecular formula is C13H12ClNO2. The Balaban J connectivity index is 2.17. The maximum absolute atomic E-state index is 9.35. The average Bonchev–Trinajstić information content (AvgIpc) is 2.33. The van der Waals surface area contributed by atoms with Gasteiger partial charge in [0.05, 0.1) is 11.1 Å². The van der Waals surface area contributed by atoms with Crippen molar-refractivity contribution >= 4 is 11.6 Å². The first-order valence-corrected chi connectivity index (χ1v) is 5.61. The Morgan fingerprint density at radius 3 is 2.59 bits per heavy atom. The van der Waals surface area contributed by atoms with E-state index in [1.54, 1.807) is 37.4 Å². The van der Waals surface area contributed by atoms with Crippen molar-refractivity contribution in [2.75, 3.05) is 0 Å². The standard InChI is InChI=1S/C13H12ClNO2/c1-9(16)10-6-7-13(15-8-10)17-12-5-3-2-4-11(12)14/h2-9,16H,1H3/t9-/m0/s1. The molecule has 88 valence electrons. The molecule has 2 aromatic rings. The van der Waals surface area contributed by atoms with Crippen molar-refractivity contribution in [3.05, 3.63) is 53.2 Å². The number of rotatable bonds is 3. The zero-order valence-electron chi connectivity index (χ0n) is 9.30. The summed E-state index contributed by atoms with van der Waals surface area (Å²) in [5.74, 6) is 1.01. The van der Waals surface area contributed by atoms with Crippen LogP contribution in [0.5, 0.6) is 11.6 Å². The molecule has 1 heterocycles. The quantitative estimate of drug-likeness (QED) is 0.904. The zero-order valence-corrected chi connectivity index (χ0v) is 10.1. The highest BCUT2D eigenvalue weighted by atomic mass is 35.5. The van der Waals surface area contributed by atoms with E-state index in [2.05, 4.69) is 4.98 Å². The molecule has 0 saturated heterocycles. The van der Waals surface area contributed by atoms with E-state index in [1.165, 1.54) is 0 Å². The molecular weight excluding hydrogens is 238 g/mol. The van der Waals surface area contributed by atoms with Crippen LogP contribution in [0.15, 0.2) is 42.6 Å². The van der Waals surface area contributed by atoms with Gasteiger partial charge in [0.25, 0.3) is 0 Å². The fourth-order valence-electron chi connectivity index (χ4n) is 1.34. The number of nitrogens with zero attached hydrogens (tertiary/aromatic N) is 1. The van der Waals surface area contributed by atoms with Crippen molar-refractivity contribution in [2.45, 2.75) is 13.0 Å². The van der Waals surface area contributed by atoms with Crippen LogP contribution >= 0.6 is 11.6 Å². The summed E-state index contributed by atoms with van der Waals surface area (Å²) < 4.78 is 5.52. The van der Waals surface area contributed by atoms with Crippen LogP contribution in [0.4, 0.5) is 0 Å². The predicted molar refractivity (Wildman–Crippen MR) is 66.4 cm³/mol. The van der Waals surface area contributed by atoms with Crippen molar-refractivity contribution < 1.29 is 9.84 Å². The first-order chi connectivity index (χ1) is 8.16. The number of aromatic nitrogens is 1. The number of pyridine rings is 1. The summed E-state index contributed by atoms with van der Waals surface area (Å²) in [4.78, 5) is 4.10. The number of aliphatic hydroxyl groups is 1. The van der Waals surface area contributed by atoms with Crippen molar-refractivity contribution in [2.24, 2.45) is 0 Å². The predicted octanol–water partition coefficient (Wildman–Crippen LogP) is 3.58. The smallest absolute Gasteiger partial charge is 0.219 e. The fourth-order valence-corrected chi connectivity index (χ4v) is 1.51. The molecule has 1 aromatic heterocycles. The highest BCUT2D eigenvalue weighted by molar-refractivity contribution is 6.32. The molecule has 0 aliphatic heterocycles. The van der Waals surface area contributed by atoms with Gasteiger partial charge in [-0.05, 0) is 30.7 Å². The van der Waals surface area contributed by atoms with E-state index in [4.69, 9.17) is 16.3 Å². The minimum Gasteiger partial charge on any atom is -0.437 e. The van der Waals surface area contributed by atoms with Gasteiger partial charge in [-0.3, -0.25) is 0 Å². The Bertz CT molecular complexity index is 497. The summed E-state index contributed by atoms with van der Waals surface area (Å²) in [6.07, 6.45) is 1.05. The summed E-state index contributed by atoms with van der Waals surface area (Å²) >= 11 is 5.96. The van der Waals surface area contributed by atoms with E-state index < -0.39 is 6.10 Å². The van der Waals surface area contributed by atoms with Gasteiger partial charge in [0.15, 0.2) is 0 Å². The third-order valence-electron chi connectivity index (χ3n) is 2.29. The van der Waals surface area contributed by atoms with Gasteiger partial charge in [0.1, 0.15) is 5.75 Å². The summed E-state index contributed by atoms with van der Waals surface area (Å²) in [5.41, 5.74) is 0.747. The monoisotopic (exact) mass is 249 g/mol. The fraction of sp³-hybridized carbons (Fsp3) is 0.154. The maximum Gasteiger partial charge on any atom is 0.219 e. The molecule has 0 spiro atoms. The highest BCUT2D eigenvalue weighted by Crippen LogP contribution is 2.27. The lowest BCUT2D eigenvalue weighted by atomic mass is 10.2. The SMILES string of the molecule is C[C@H](O)c1ccc(Oc2ccccc2Cl)nc1. The van der Waals surface area contributed by atoms with Gasteiger partial charge in [0.2, 0.25) is 5.88 Å². The molecule has 3 nitrogen and oxygen atoms in total. The second kappa shape index (κ2) is 5.17. The van der Waals surface area contributed by atoms with Gasteiger partial charge in [-0.15, -0.1) is 0 Å². The Morgan fingerprint density at radius 1 is 1.24 bits per heavy atom. The number of hydrogen-bond acceptors (Lipinski definition) is 3. The number of benzene rings is 1. The molecule has 0 amide bonds.